The molecular weight excluding hydrogens is 276 g/mol. The molecule has 0 unspecified atom stereocenters. The number of hydrogen-bond donors (Lipinski definition) is 2. The van der Waals surface area contributed by atoms with Crippen LogP contribution in [0.4, 0.5) is 0 Å². The lowest BCUT2D eigenvalue weighted by Crippen LogP contribution is -2.40. The maximum absolute atomic E-state index is 11.9. The first-order valence-electron chi connectivity index (χ1n) is 8.41. The lowest BCUT2D eigenvalue weighted by atomic mass is 10.1. The van der Waals surface area contributed by atoms with Crippen LogP contribution in [0.3, 0.4) is 0 Å². The molecule has 1 saturated carbocycles. The number of hydrogen-bond acceptors (Lipinski definition) is 3. The number of methoxy groups -OCH3 is 1. The van der Waals surface area contributed by atoms with Crippen molar-refractivity contribution in [2.45, 2.75) is 51.0 Å². The van der Waals surface area contributed by atoms with Crippen LogP contribution >= 0.6 is 0 Å². The van der Waals surface area contributed by atoms with E-state index >= 15 is 0 Å². The van der Waals surface area contributed by atoms with E-state index in [1.807, 2.05) is 12.1 Å². The van der Waals surface area contributed by atoms with Gasteiger partial charge in [-0.25, -0.2) is 0 Å². The van der Waals surface area contributed by atoms with E-state index in [0.29, 0.717) is 12.6 Å². The second kappa shape index (κ2) is 9.46. The summed E-state index contributed by atoms with van der Waals surface area (Å²) >= 11 is 0. The Morgan fingerprint density at radius 3 is 2.45 bits per heavy atom. The summed E-state index contributed by atoms with van der Waals surface area (Å²) in [7, 11) is 1.67. The van der Waals surface area contributed by atoms with Crippen molar-refractivity contribution < 1.29 is 9.53 Å². The largest absolute Gasteiger partial charge is 0.497 e. The minimum absolute atomic E-state index is 0.127. The highest BCUT2D eigenvalue weighted by Crippen LogP contribution is 2.17. The summed E-state index contributed by atoms with van der Waals surface area (Å²) in [4.78, 5) is 11.9. The fourth-order valence-corrected chi connectivity index (χ4v) is 2.93. The summed E-state index contributed by atoms with van der Waals surface area (Å²) in [5.41, 5.74) is 1.25. The zero-order valence-corrected chi connectivity index (χ0v) is 13.6. The number of benzene rings is 1. The van der Waals surface area contributed by atoms with E-state index < -0.39 is 0 Å². The molecule has 1 aromatic carbocycles. The molecular formula is C18H28N2O2. The van der Waals surface area contributed by atoms with Crippen LogP contribution in [0.5, 0.6) is 5.75 Å². The highest BCUT2D eigenvalue weighted by Gasteiger charge is 2.14. The summed E-state index contributed by atoms with van der Waals surface area (Å²) in [5, 5.41) is 6.38. The van der Waals surface area contributed by atoms with E-state index in [-0.39, 0.29) is 5.91 Å². The van der Waals surface area contributed by atoms with Gasteiger partial charge in [0.2, 0.25) is 5.91 Å². The second-order valence-electron chi connectivity index (χ2n) is 6.03. The maximum atomic E-state index is 11.9. The molecule has 22 heavy (non-hydrogen) atoms. The van der Waals surface area contributed by atoms with Crippen molar-refractivity contribution in [1.29, 1.82) is 0 Å². The van der Waals surface area contributed by atoms with E-state index in [9.17, 15) is 4.79 Å². The highest BCUT2D eigenvalue weighted by atomic mass is 16.5. The molecule has 0 bridgehead atoms. The molecule has 4 heteroatoms. The molecule has 0 spiro atoms. The minimum atomic E-state index is 0.127. The Kier molecular flexibility index (Phi) is 7.23. The van der Waals surface area contributed by atoms with Gasteiger partial charge in [0.05, 0.1) is 13.7 Å². The summed E-state index contributed by atoms with van der Waals surface area (Å²) in [6, 6.07) is 8.44. The van der Waals surface area contributed by atoms with Crippen LogP contribution in [0, 0.1) is 0 Å². The van der Waals surface area contributed by atoms with Gasteiger partial charge in [0, 0.05) is 6.04 Å². The Balaban J connectivity index is 1.59. The van der Waals surface area contributed by atoms with Gasteiger partial charge >= 0.3 is 0 Å². The van der Waals surface area contributed by atoms with Gasteiger partial charge in [0.15, 0.2) is 0 Å². The van der Waals surface area contributed by atoms with Gasteiger partial charge in [-0.3, -0.25) is 4.79 Å². The molecule has 0 aromatic heterocycles. The number of amides is 1. The van der Waals surface area contributed by atoms with Crippen molar-refractivity contribution in [3.63, 3.8) is 0 Å². The van der Waals surface area contributed by atoms with Gasteiger partial charge in [-0.2, -0.15) is 0 Å². The average Bonchev–Trinajstić information content (AvgIpc) is 2.81. The first-order valence-corrected chi connectivity index (χ1v) is 8.41. The lowest BCUT2D eigenvalue weighted by Gasteiger charge is -2.16. The fraction of sp³-hybridized carbons (Fsp3) is 0.611. The topological polar surface area (TPSA) is 50.4 Å². The molecule has 2 N–H and O–H groups in total. The SMILES string of the molecule is COc1ccc(CCNCC(=O)NC2CCCCCC2)cc1. The van der Waals surface area contributed by atoms with Crippen LogP contribution < -0.4 is 15.4 Å². The Morgan fingerprint density at radius 2 is 1.82 bits per heavy atom. The van der Waals surface area contributed by atoms with Crippen molar-refractivity contribution in [2.75, 3.05) is 20.2 Å². The van der Waals surface area contributed by atoms with E-state index in [2.05, 4.69) is 22.8 Å². The highest BCUT2D eigenvalue weighted by molar-refractivity contribution is 5.78. The van der Waals surface area contributed by atoms with E-state index in [0.717, 1.165) is 31.6 Å². The van der Waals surface area contributed by atoms with Crippen molar-refractivity contribution in [2.24, 2.45) is 0 Å². The molecule has 1 aliphatic rings. The van der Waals surface area contributed by atoms with Crippen LogP contribution in [0.25, 0.3) is 0 Å². The van der Waals surface area contributed by atoms with Crippen molar-refractivity contribution >= 4 is 5.91 Å². The quantitative estimate of drug-likeness (QED) is 0.601. The smallest absolute Gasteiger partial charge is 0.234 e. The molecule has 4 nitrogen and oxygen atoms in total. The summed E-state index contributed by atoms with van der Waals surface area (Å²) in [6.07, 6.45) is 8.31. The molecule has 0 aliphatic heterocycles. The Hall–Kier alpha value is -1.55. The molecule has 122 valence electrons. The Labute approximate surface area is 133 Å². The van der Waals surface area contributed by atoms with Crippen LogP contribution in [-0.2, 0) is 11.2 Å². The molecule has 0 saturated heterocycles. The second-order valence-corrected chi connectivity index (χ2v) is 6.03. The Bertz CT molecular complexity index is 437. The molecule has 1 aliphatic carbocycles. The molecule has 1 aromatic rings. The minimum Gasteiger partial charge on any atom is -0.497 e. The predicted octanol–water partition coefficient (Wildman–Crippen LogP) is 2.67. The zero-order valence-electron chi connectivity index (χ0n) is 13.6. The van der Waals surface area contributed by atoms with Crippen LogP contribution in [-0.4, -0.2) is 32.1 Å². The number of carbonyl (C=O) groups excluding carboxylic acids is 1. The number of rotatable bonds is 7. The summed E-state index contributed by atoms with van der Waals surface area (Å²) < 4.78 is 5.14. The van der Waals surface area contributed by atoms with Gasteiger partial charge < -0.3 is 15.4 Å². The predicted molar refractivity (Wildman–Crippen MR) is 89.2 cm³/mol. The van der Waals surface area contributed by atoms with Crippen LogP contribution in [0.1, 0.15) is 44.1 Å². The van der Waals surface area contributed by atoms with Gasteiger partial charge in [0.25, 0.3) is 0 Å². The molecule has 1 fully saturated rings. The fourth-order valence-electron chi connectivity index (χ4n) is 2.93. The third kappa shape index (κ3) is 6.06. The normalized spacial score (nSPS) is 16.0. The van der Waals surface area contributed by atoms with Gasteiger partial charge in [-0.05, 0) is 43.5 Å². The van der Waals surface area contributed by atoms with Gasteiger partial charge in [-0.15, -0.1) is 0 Å². The molecule has 0 radical (unpaired) electrons. The van der Waals surface area contributed by atoms with Crippen molar-refractivity contribution in [3.8, 4) is 5.75 Å². The Morgan fingerprint density at radius 1 is 1.14 bits per heavy atom. The van der Waals surface area contributed by atoms with Gasteiger partial charge in [-0.1, -0.05) is 37.8 Å². The van der Waals surface area contributed by atoms with E-state index in [1.54, 1.807) is 7.11 Å². The first kappa shape index (κ1) is 16.8. The van der Waals surface area contributed by atoms with E-state index in [1.165, 1.54) is 31.2 Å². The van der Waals surface area contributed by atoms with Crippen LogP contribution in [0.15, 0.2) is 24.3 Å². The van der Waals surface area contributed by atoms with E-state index in [4.69, 9.17) is 4.74 Å². The standard InChI is InChI=1S/C18H28N2O2/c1-22-17-10-8-15(9-11-17)12-13-19-14-18(21)20-16-6-4-2-3-5-7-16/h8-11,16,19H,2-7,12-14H2,1H3,(H,20,21). The van der Waals surface area contributed by atoms with Crippen molar-refractivity contribution in [3.05, 3.63) is 29.8 Å². The lowest BCUT2D eigenvalue weighted by molar-refractivity contribution is -0.121. The number of ether oxygens (including phenoxy) is 1. The average molecular weight is 304 g/mol. The monoisotopic (exact) mass is 304 g/mol. The third-order valence-corrected chi connectivity index (χ3v) is 4.26. The van der Waals surface area contributed by atoms with Gasteiger partial charge in [0.1, 0.15) is 5.75 Å². The van der Waals surface area contributed by atoms with Crippen molar-refractivity contribution in [1.82, 2.24) is 10.6 Å². The molecule has 2 rings (SSSR count). The first-order chi connectivity index (χ1) is 10.8. The van der Waals surface area contributed by atoms with Crippen LogP contribution in [0.2, 0.25) is 0 Å². The third-order valence-electron chi connectivity index (χ3n) is 4.26. The number of carbonyl (C=O) groups is 1. The summed E-state index contributed by atoms with van der Waals surface area (Å²) in [5.74, 6) is 1.00. The number of nitrogens with one attached hydrogen (secondary N) is 2. The zero-order chi connectivity index (χ0) is 15.6. The summed E-state index contributed by atoms with van der Waals surface area (Å²) in [6.45, 7) is 1.22. The maximum Gasteiger partial charge on any atom is 0.234 e. The molecule has 1 amide bonds. The molecule has 0 atom stereocenters. The molecule has 0 heterocycles.